The maximum absolute atomic E-state index is 9.84. The second-order valence-corrected chi connectivity index (χ2v) is 7.95. The lowest BCUT2D eigenvalue weighted by Gasteiger charge is -2.34. The summed E-state index contributed by atoms with van der Waals surface area (Å²) in [5.74, 6) is 0.873. The molecule has 0 amide bonds. The third kappa shape index (κ3) is 3.53. The van der Waals surface area contributed by atoms with Crippen molar-refractivity contribution in [3.63, 3.8) is 0 Å². The van der Waals surface area contributed by atoms with Gasteiger partial charge in [-0.3, -0.25) is 0 Å². The van der Waals surface area contributed by atoms with Gasteiger partial charge in [-0.25, -0.2) is 24.9 Å². The molecule has 4 heterocycles. The van der Waals surface area contributed by atoms with Crippen LogP contribution in [0.5, 0.6) is 0 Å². The van der Waals surface area contributed by atoms with Crippen LogP contribution in [0, 0.1) is 11.3 Å². The summed E-state index contributed by atoms with van der Waals surface area (Å²) < 4.78 is 1.07. The van der Waals surface area contributed by atoms with E-state index in [9.17, 15) is 5.26 Å². The minimum absolute atomic E-state index is 0.511. The largest absolute Gasteiger partial charge is 0.337 e. The molecule has 0 spiro atoms. The molecule has 9 heteroatoms. The Morgan fingerprint density at radius 2 is 1.53 bits per heavy atom. The highest BCUT2D eigenvalue weighted by atomic mass is 32.1. The number of para-hydroxylation sites is 1. The van der Waals surface area contributed by atoms with Gasteiger partial charge in [-0.2, -0.15) is 5.26 Å². The van der Waals surface area contributed by atoms with Gasteiger partial charge in [0.25, 0.3) is 0 Å². The number of piperazine rings is 1. The molecule has 30 heavy (non-hydrogen) atoms. The number of thiazole rings is 1. The summed E-state index contributed by atoms with van der Waals surface area (Å²) in [6.07, 6.45) is 5.23. The van der Waals surface area contributed by atoms with Crippen molar-refractivity contribution < 1.29 is 0 Å². The Morgan fingerprint density at radius 3 is 2.27 bits per heavy atom. The number of rotatable bonds is 4. The van der Waals surface area contributed by atoms with Crippen molar-refractivity contribution in [3.8, 4) is 6.07 Å². The molecule has 1 aliphatic heterocycles. The lowest BCUT2D eigenvalue weighted by atomic mass is 10.1. The van der Waals surface area contributed by atoms with Crippen LogP contribution in [0.3, 0.4) is 0 Å². The van der Waals surface area contributed by atoms with E-state index in [-0.39, 0.29) is 0 Å². The predicted molar refractivity (Wildman–Crippen MR) is 116 cm³/mol. The average molecular weight is 414 g/mol. The van der Waals surface area contributed by atoms with Crippen LogP contribution >= 0.6 is 11.3 Å². The monoisotopic (exact) mass is 414 g/mol. The fraction of sp³-hybridized carbons (Fsp3) is 0.238. The van der Waals surface area contributed by atoms with Crippen LogP contribution in [0.2, 0.25) is 0 Å². The van der Waals surface area contributed by atoms with E-state index in [1.165, 1.54) is 11.3 Å². The molecule has 0 radical (unpaired) electrons. The van der Waals surface area contributed by atoms with Crippen molar-refractivity contribution in [2.45, 2.75) is 5.92 Å². The third-order valence-electron chi connectivity index (χ3n) is 5.04. The molecule has 0 bridgehead atoms. The number of hydrogen-bond donors (Lipinski definition) is 0. The molecule has 148 valence electrons. The number of nitrogens with zero attached hydrogens (tertiary/aromatic N) is 8. The van der Waals surface area contributed by atoms with Gasteiger partial charge in [0.1, 0.15) is 10.9 Å². The zero-order chi connectivity index (χ0) is 20.3. The van der Waals surface area contributed by atoms with Crippen molar-refractivity contribution in [1.29, 1.82) is 5.26 Å². The van der Waals surface area contributed by atoms with E-state index in [1.807, 2.05) is 30.3 Å². The van der Waals surface area contributed by atoms with E-state index in [0.29, 0.717) is 11.6 Å². The van der Waals surface area contributed by atoms with Crippen LogP contribution in [0.25, 0.3) is 10.2 Å². The smallest absolute Gasteiger partial charge is 0.225 e. The number of fused-ring (bicyclic) bond motifs is 1. The first-order chi connectivity index (χ1) is 14.8. The molecular weight excluding hydrogens is 396 g/mol. The summed E-state index contributed by atoms with van der Waals surface area (Å²) >= 11 is 1.54. The van der Waals surface area contributed by atoms with Crippen molar-refractivity contribution in [2.24, 2.45) is 0 Å². The first-order valence-corrected chi connectivity index (χ1v) is 10.5. The van der Waals surface area contributed by atoms with Gasteiger partial charge < -0.3 is 9.80 Å². The third-order valence-corrected chi connectivity index (χ3v) is 6.15. The van der Waals surface area contributed by atoms with Gasteiger partial charge in [-0.1, -0.05) is 12.1 Å². The molecule has 1 unspecified atom stereocenters. The highest BCUT2D eigenvalue weighted by molar-refractivity contribution is 7.18. The van der Waals surface area contributed by atoms with Gasteiger partial charge >= 0.3 is 0 Å². The Bertz CT molecular complexity index is 1160. The Morgan fingerprint density at radius 1 is 0.833 bits per heavy atom. The Balaban J connectivity index is 1.35. The minimum atomic E-state index is -0.511. The molecule has 5 rings (SSSR count). The summed E-state index contributed by atoms with van der Waals surface area (Å²) in [5, 5.41) is 10.6. The molecular formula is C21H18N8S. The molecule has 1 aliphatic rings. The SMILES string of the molecule is N#CC(c1ccnc(N2CCN(c3ncccn3)CC2)n1)c1nc2ccccc2s1. The molecule has 0 N–H and O–H groups in total. The summed E-state index contributed by atoms with van der Waals surface area (Å²) in [6, 6.07) is 13.9. The summed E-state index contributed by atoms with van der Waals surface area (Å²) in [5.41, 5.74) is 1.58. The molecule has 1 atom stereocenters. The lowest BCUT2D eigenvalue weighted by molar-refractivity contribution is 0.626. The summed E-state index contributed by atoms with van der Waals surface area (Å²) in [6.45, 7) is 3.11. The van der Waals surface area contributed by atoms with E-state index in [4.69, 9.17) is 4.98 Å². The van der Waals surface area contributed by atoms with Crippen molar-refractivity contribution in [3.05, 3.63) is 65.7 Å². The highest BCUT2D eigenvalue weighted by Gasteiger charge is 2.24. The number of nitriles is 1. The molecule has 1 saturated heterocycles. The van der Waals surface area contributed by atoms with Crippen LogP contribution in [0.15, 0.2) is 55.0 Å². The van der Waals surface area contributed by atoms with E-state index < -0.39 is 5.92 Å². The molecule has 1 fully saturated rings. The predicted octanol–water partition coefficient (Wildman–Crippen LogP) is 2.86. The van der Waals surface area contributed by atoms with E-state index in [1.54, 1.807) is 24.7 Å². The normalized spacial score (nSPS) is 15.2. The van der Waals surface area contributed by atoms with E-state index in [2.05, 4.69) is 35.8 Å². The zero-order valence-corrected chi connectivity index (χ0v) is 16.9. The van der Waals surface area contributed by atoms with Crippen molar-refractivity contribution in [1.82, 2.24) is 24.9 Å². The molecule has 8 nitrogen and oxygen atoms in total. The zero-order valence-electron chi connectivity index (χ0n) is 16.1. The van der Waals surface area contributed by atoms with Crippen LogP contribution < -0.4 is 9.80 Å². The van der Waals surface area contributed by atoms with Crippen LogP contribution in [0.1, 0.15) is 16.6 Å². The van der Waals surface area contributed by atoms with Gasteiger partial charge in [0.05, 0.1) is 22.0 Å². The lowest BCUT2D eigenvalue weighted by Crippen LogP contribution is -2.47. The molecule has 1 aromatic carbocycles. The maximum atomic E-state index is 9.84. The number of benzene rings is 1. The summed E-state index contributed by atoms with van der Waals surface area (Å²) in [4.78, 5) is 26.8. The fourth-order valence-corrected chi connectivity index (χ4v) is 4.52. The molecule has 0 saturated carbocycles. The fourth-order valence-electron chi connectivity index (χ4n) is 3.50. The molecule has 4 aromatic rings. The second kappa shape index (κ2) is 8.00. The quantitative estimate of drug-likeness (QED) is 0.503. The second-order valence-electron chi connectivity index (χ2n) is 6.89. The Hall–Kier alpha value is -3.64. The van der Waals surface area contributed by atoms with Gasteiger partial charge in [-0.05, 0) is 24.3 Å². The molecule has 3 aromatic heterocycles. The topological polar surface area (TPSA) is 94.7 Å². The van der Waals surface area contributed by atoms with Gasteiger partial charge in [0.2, 0.25) is 11.9 Å². The maximum Gasteiger partial charge on any atom is 0.225 e. The Labute approximate surface area is 177 Å². The highest BCUT2D eigenvalue weighted by Crippen LogP contribution is 2.31. The average Bonchev–Trinajstić information content (AvgIpc) is 3.24. The van der Waals surface area contributed by atoms with Gasteiger partial charge in [0, 0.05) is 44.8 Å². The standard InChI is InChI=1S/C21H18N8S/c22-14-15(19-26-17-4-1-2-5-18(17)30-19)16-6-9-25-21(27-16)29-12-10-28(11-13-29)20-23-7-3-8-24-20/h1-9,15H,10-13H2. The van der Waals surface area contributed by atoms with Crippen molar-refractivity contribution in [2.75, 3.05) is 36.0 Å². The number of aromatic nitrogens is 5. The Kier molecular flexibility index (Phi) is 4.91. The molecule has 0 aliphatic carbocycles. The van der Waals surface area contributed by atoms with Gasteiger partial charge in [0.15, 0.2) is 0 Å². The van der Waals surface area contributed by atoms with E-state index in [0.717, 1.165) is 47.4 Å². The van der Waals surface area contributed by atoms with Gasteiger partial charge in [-0.15, -0.1) is 11.3 Å². The van der Waals surface area contributed by atoms with Crippen LogP contribution in [-0.4, -0.2) is 51.1 Å². The van der Waals surface area contributed by atoms with Crippen LogP contribution in [0.4, 0.5) is 11.9 Å². The van der Waals surface area contributed by atoms with Crippen molar-refractivity contribution >= 4 is 33.5 Å². The first kappa shape index (κ1) is 18.4. The summed E-state index contributed by atoms with van der Waals surface area (Å²) in [7, 11) is 0. The number of anilines is 2. The van der Waals surface area contributed by atoms with Crippen LogP contribution in [-0.2, 0) is 0 Å². The van der Waals surface area contributed by atoms with E-state index >= 15 is 0 Å². The first-order valence-electron chi connectivity index (χ1n) is 9.67. The minimum Gasteiger partial charge on any atom is -0.337 e. The number of hydrogen-bond acceptors (Lipinski definition) is 9.